The number of fused-ring (bicyclic) bond motifs is 1. The Bertz CT molecular complexity index is 666. The smallest absolute Gasteiger partial charge is 0.227 e. The summed E-state index contributed by atoms with van der Waals surface area (Å²) in [5.74, 6) is 2.21. The number of benzene rings is 1. The monoisotopic (exact) mass is 301 g/mol. The van der Waals surface area contributed by atoms with E-state index in [9.17, 15) is 4.79 Å². The molecule has 0 radical (unpaired) electrons. The number of aromatic nitrogens is 2. The van der Waals surface area contributed by atoms with Crippen LogP contribution in [0.15, 0.2) is 28.8 Å². The molecule has 0 bridgehead atoms. The summed E-state index contributed by atoms with van der Waals surface area (Å²) < 4.78 is 10.7. The molecule has 1 aromatic carbocycles. The first-order valence-electron chi connectivity index (χ1n) is 7.50. The number of aryl methyl sites for hydroxylation is 1. The largest absolute Gasteiger partial charge is 0.490 e. The molecule has 2 aromatic rings. The van der Waals surface area contributed by atoms with Gasteiger partial charge in [0.1, 0.15) is 12.4 Å². The van der Waals surface area contributed by atoms with E-state index in [0.717, 1.165) is 11.4 Å². The van der Waals surface area contributed by atoms with Crippen molar-refractivity contribution >= 4 is 11.6 Å². The maximum absolute atomic E-state index is 12.5. The zero-order valence-corrected chi connectivity index (χ0v) is 12.8. The molecule has 0 aliphatic carbocycles. The van der Waals surface area contributed by atoms with Gasteiger partial charge in [-0.25, -0.2) is 0 Å². The molecule has 116 valence electrons. The Labute approximate surface area is 129 Å². The molecule has 1 aliphatic rings. The number of para-hydroxylation sites is 2. The van der Waals surface area contributed by atoms with Crippen molar-refractivity contribution in [3.63, 3.8) is 0 Å². The summed E-state index contributed by atoms with van der Waals surface area (Å²) in [5.41, 5.74) is 0.826. The van der Waals surface area contributed by atoms with Crippen molar-refractivity contribution in [3.05, 3.63) is 36.0 Å². The summed E-state index contributed by atoms with van der Waals surface area (Å²) in [4.78, 5) is 18.5. The maximum Gasteiger partial charge on any atom is 0.227 e. The Kier molecular flexibility index (Phi) is 4.09. The fraction of sp³-hybridized carbons (Fsp3) is 0.438. The van der Waals surface area contributed by atoms with Crippen molar-refractivity contribution in [2.45, 2.75) is 32.6 Å². The van der Waals surface area contributed by atoms with E-state index in [1.165, 1.54) is 0 Å². The molecule has 6 heteroatoms. The molecule has 1 aromatic heterocycles. The number of ether oxygens (including phenoxy) is 1. The fourth-order valence-electron chi connectivity index (χ4n) is 2.38. The van der Waals surface area contributed by atoms with E-state index >= 15 is 0 Å². The van der Waals surface area contributed by atoms with Crippen molar-refractivity contribution in [2.24, 2.45) is 0 Å². The second-order valence-corrected chi connectivity index (χ2v) is 5.56. The number of rotatable bonds is 4. The van der Waals surface area contributed by atoms with Crippen LogP contribution >= 0.6 is 0 Å². The molecule has 0 atom stereocenters. The number of anilines is 1. The normalized spacial score (nSPS) is 13.9. The van der Waals surface area contributed by atoms with E-state index in [2.05, 4.69) is 10.1 Å². The van der Waals surface area contributed by atoms with Crippen LogP contribution < -0.4 is 9.64 Å². The zero-order chi connectivity index (χ0) is 15.5. The van der Waals surface area contributed by atoms with E-state index in [4.69, 9.17) is 9.26 Å². The number of amides is 1. The highest BCUT2D eigenvalue weighted by Gasteiger charge is 2.23. The van der Waals surface area contributed by atoms with Crippen LogP contribution in [0.25, 0.3) is 0 Å². The van der Waals surface area contributed by atoms with Crippen LogP contribution in [-0.4, -0.2) is 29.2 Å². The fourth-order valence-corrected chi connectivity index (χ4v) is 2.38. The second-order valence-electron chi connectivity index (χ2n) is 5.56. The van der Waals surface area contributed by atoms with E-state index in [1.807, 2.05) is 38.1 Å². The molecule has 0 saturated heterocycles. The minimum atomic E-state index is 0.0417. The number of nitrogens with zero attached hydrogens (tertiary/aromatic N) is 3. The van der Waals surface area contributed by atoms with Gasteiger partial charge in [0.2, 0.25) is 11.8 Å². The highest BCUT2D eigenvalue weighted by atomic mass is 16.5. The van der Waals surface area contributed by atoms with Crippen LogP contribution in [0.3, 0.4) is 0 Å². The SMILES string of the molecule is CC(C)c1noc(CCC(=O)N2CCOc3ccccc32)n1. The van der Waals surface area contributed by atoms with E-state index < -0.39 is 0 Å². The Hall–Kier alpha value is -2.37. The molecule has 1 aliphatic heterocycles. The number of carbonyl (C=O) groups excluding carboxylic acids is 1. The van der Waals surface area contributed by atoms with E-state index in [1.54, 1.807) is 4.90 Å². The first-order chi connectivity index (χ1) is 10.6. The molecule has 2 heterocycles. The predicted octanol–water partition coefficient (Wildman–Crippen LogP) is 2.55. The van der Waals surface area contributed by atoms with Gasteiger partial charge in [-0.2, -0.15) is 4.98 Å². The first kappa shape index (κ1) is 14.6. The first-order valence-corrected chi connectivity index (χ1v) is 7.50. The maximum atomic E-state index is 12.5. The predicted molar refractivity (Wildman–Crippen MR) is 81.0 cm³/mol. The van der Waals surface area contributed by atoms with Gasteiger partial charge < -0.3 is 14.2 Å². The summed E-state index contributed by atoms with van der Waals surface area (Å²) in [6, 6.07) is 7.58. The summed E-state index contributed by atoms with van der Waals surface area (Å²) in [6.07, 6.45) is 0.798. The molecule has 0 saturated carbocycles. The average molecular weight is 301 g/mol. The van der Waals surface area contributed by atoms with Gasteiger partial charge >= 0.3 is 0 Å². The van der Waals surface area contributed by atoms with Crippen LogP contribution in [-0.2, 0) is 11.2 Å². The quantitative estimate of drug-likeness (QED) is 0.868. The van der Waals surface area contributed by atoms with Gasteiger partial charge in [-0.3, -0.25) is 4.79 Å². The number of hydrogen-bond donors (Lipinski definition) is 0. The molecule has 22 heavy (non-hydrogen) atoms. The number of carbonyl (C=O) groups is 1. The van der Waals surface area contributed by atoms with Crippen LogP contribution in [0.1, 0.15) is 37.9 Å². The average Bonchev–Trinajstić information content (AvgIpc) is 3.01. The molecule has 0 fully saturated rings. The van der Waals surface area contributed by atoms with Crippen molar-refractivity contribution in [1.82, 2.24) is 10.1 Å². The Morgan fingerprint density at radius 3 is 2.95 bits per heavy atom. The minimum absolute atomic E-state index is 0.0417. The summed E-state index contributed by atoms with van der Waals surface area (Å²) >= 11 is 0. The summed E-state index contributed by atoms with van der Waals surface area (Å²) in [5, 5.41) is 3.91. The molecule has 0 unspecified atom stereocenters. The third kappa shape index (κ3) is 2.95. The molecule has 6 nitrogen and oxygen atoms in total. The van der Waals surface area contributed by atoms with Crippen LogP contribution in [0, 0.1) is 0 Å². The molecule has 0 N–H and O–H groups in total. The van der Waals surface area contributed by atoms with E-state index in [0.29, 0.717) is 37.7 Å². The van der Waals surface area contributed by atoms with Gasteiger partial charge in [-0.15, -0.1) is 0 Å². The Balaban J connectivity index is 1.65. The third-order valence-corrected chi connectivity index (χ3v) is 3.58. The highest BCUT2D eigenvalue weighted by Crippen LogP contribution is 2.31. The van der Waals surface area contributed by atoms with Crippen molar-refractivity contribution in [1.29, 1.82) is 0 Å². The Morgan fingerprint density at radius 1 is 1.36 bits per heavy atom. The van der Waals surface area contributed by atoms with Crippen molar-refractivity contribution in [3.8, 4) is 5.75 Å². The summed E-state index contributed by atoms with van der Waals surface area (Å²) in [7, 11) is 0. The molecule has 3 rings (SSSR count). The van der Waals surface area contributed by atoms with Gasteiger partial charge in [0, 0.05) is 18.8 Å². The molecule has 1 amide bonds. The van der Waals surface area contributed by atoms with Gasteiger partial charge in [0.15, 0.2) is 5.82 Å². The van der Waals surface area contributed by atoms with Crippen LogP contribution in [0.2, 0.25) is 0 Å². The van der Waals surface area contributed by atoms with Gasteiger partial charge in [0.05, 0.1) is 12.2 Å². The lowest BCUT2D eigenvalue weighted by molar-refractivity contribution is -0.118. The topological polar surface area (TPSA) is 68.5 Å². The standard InChI is InChI=1S/C16H19N3O3/c1-11(2)16-17-14(22-18-16)7-8-15(20)19-9-10-21-13-6-4-3-5-12(13)19/h3-6,11H,7-10H2,1-2H3. The third-order valence-electron chi connectivity index (χ3n) is 3.58. The zero-order valence-electron chi connectivity index (χ0n) is 12.8. The minimum Gasteiger partial charge on any atom is -0.490 e. The van der Waals surface area contributed by atoms with Crippen LogP contribution in [0.5, 0.6) is 5.75 Å². The lowest BCUT2D eigenvalue weighted by atomic mass is 10.2. The van der Waals surface area contributed by atoms with Crippen molar-refractivity contribution in [2.75, 3.05) is 18.1 Å². The van der Waals surface area contributed by atoms with Crippen molar-refractivity contribution < 1.29 is 14.1 Å². The second kappa shape index (κ2) is 6.17. The lowest BCUT2D eigenvalue weighted by Crippen LogP contribution is -2.38. The van der Waals surface area contributed by atoms with Crippen LogP contribution in [0.4, 0.5) is 5.69 Å². The molecular weight excluding hydrogens is 282 g/mol. The molecule has 0 spiro atoms. The highest BCUT2D eigenvalue weighted by molar-refractivity contribution is 5.95. The molecular formula is C16H19N3O3. The lowest BCUT2D eigenvalue weighted by Gasteiger charge is -2.29. The Morgan fingerprint density at radius 2 is 2.18 bits per heavy atom. The van der Waals surface area contributed by atoms with E-state index in [-0.39, 0.29) is 11.8 Å². The van der Waals surface area contributed by atoms with Gasteiger partial charge in [-0.1, -0.05) is 31.1 Å². The number of hydrogen-bond acceptors (Lipinski definition) is 5. The summed E-state index contributed by atoms with van der Waals surface area (Å²) in [6.45, 7) is 5.09. The van der Waals surface area contributed by atoms with Gasteiger partial charge in [-0.05, 0) is 12.1 Å². The van der Waals surface area contributed by atoms with Gasteiger partial charge in [0.25, 0.3) is 0 Å².